The fourth-order valence-electron chi connectivity index (χ4n) is 3.41. The van der Waals surface area contributed by atoms with E-state index in [1.54, 1.807) is 12.1 Å². The molecule has 2 fully saturated rings. The second kappa shape index (κ2) is 6.11. The Hall–Kier alpha value is -1.47. The SMILES string of the molecule is O=C1NC(=O)N(c2ccccc2Cl)C2C1CCC(C(F)(F)F)C2Cl. The van der Waals surface area contributed by atoms with Gasteiger partial charge in [-0.1, -0.05) is 23.7 Å². The van der Waals surface area contributed by atoms with E-state index in [1.165, 1.54) is 12.1 Å². The molecule has 0 bridgehead atoms. The van der Waals surface area contributed by atoms with Gasteiger partial charge in [0.2, 0.25) is 5.91 Å². The number of rotatable bonds is 1. The van der Waals surface area contributed by atoms with Crippen LogP contribution in [0.1, 0.15) is 12.8 Å². The van der Waals surface area contributed by atoms with Crippen LogP contribution < -0.4 is 10.2 Å². The number of carbonyl (C=O) groups excluding carboxylic acids is 2. The Morgan fingerprint density at radius 3 is 2.46 bits per heavy atom. The van der Waals surface area contributed by atoms with Crippen molar-refractivity contribution in [1.29, 1.82) is 0 Å². The quantitative estimate of drug-likeness (QED) is 0.749. The first kappa shape index (κ1) is 17.4. The highest BCUT2D eigenvalue weighted by atomic mass is 35.5. The number of para-hydroxylation sites is 1. The molecule has 4 nitrogen and oxygen atoms in total. The zero-order valence-corrected chi connectivity index (χ0v) is 13.7. The summed E-state index contributed by atoms with van der Waals surface area (Å²) in [7, 11) is 0. The Morgan fingerprint density at radius 2 is 1.83 bits per heavy atom. The molecule has 1 saturated carbocycles. The van der Waals surface area contributed by atoms with Crippen molar-refractivity contribution in [3.05, 3.63) is 29.3 Å². The number of nitrogens with one attached hydrogen (secondary N) is 1. The molecular formula is C15H13Cl2F3N2O2. The van der Waals surface area contributed by atoms with Crippen molar-refractivity contribution in [2.24, 2.45) is 11.8 Å². The molecule has 1 aliphatic carbocycles. The third-order valence-electron chi connectivity index (χ3n) is 4.53. The van der Waals surface area contributed by atoms with Crippen LogP contribution in [0, 0.1) is 11.8 Å². The molecule has 1 heterocycles. The van der Waals surface area contributed by atoms with E-state index in [-0.39, 0.29) is 23.6 Å². The predicted molar refractivity (Wildman–Crippen MR) is 83.2 cm³/mol. The van der Waals surface area contributed by atoms with Crippen molar-refractivity contribution in [3.8, 4) is 0 Å². The number of halogens is 5. The number of nitrogens with zero attached hydrogens (tertiary/aromatic N) is 1. The molecule has 4 atom stereocenters. The van der Waals surface area contributed by atoms with Crippen molar-refractivity contribution >= 4 is 40.8 Å². The predicted octanol–water partition coefficient (Wildman–Crippen LogP) is 3.96. The van der Waals surface area contributed by atoms with Crippen LogP contribution in [0.2, 0.25) is 5.02 Å². The molecular weight excluding hydrogens is 368 g/mol. The van der Waals surface area contributed by atoms with Gasteiger partial charge < -0.3 is 0 Å². The van der Waals surface area contributed by atoms with Crippen LogP contribution >= 0.6 is 23.2 Å². The average Bonchev–Trinajstić information content (AvgIpc) is 2.48. The van der Waals surface area contributed by atoms with Crippen LogP contribution in [0.15, 0.2) is 24.3 Å². The van der Waals surface area contributed by atoms with Gasteiger partial charge in [0.15, 0.2) is 0 Å². The molecule has 1 saturated heterocycles. The Balaban J connectivity index is 2.06. The van der Waals surface area contributed by atoms with Gasteiger partial charge in [0.25, 0.3) is 0 Å². The molecule has 3 rings (SSSR count). The molecule has 24 heavy (non-hydrogen) atoms. The summed E-state index contributed by atoms with van der Waals surface area (Å²) in [5.74, 6) is -3.19. The zero-order chi connectivity index (χ0) is 17.6. The van der Waals surface area contributed by atoms with E-state index in [4.69, 9.17) is 23.2 Å². The third kappa shape index (κ3) is 2.84. The number of imide groups is 1. The first-order chi connectivity index (χ1) is 11.2. The Kier molecular flexibility index (Phi) is 4.42. The molecule has 9 heteroatoms. The Morgan fingerprint density at radius 1 is 1.17 bits per heavy atom. The van der Waals surface area contributed by atoms with Gasteiger partial charge in [0.05, 0.1) is 34.0 Å². The number of urea groups is 1. The van der Waals surface area contributed by atoms with E-state index in [0.717, 1.165) is 4.90 Å². The van der Waals surface area contributed by atoms with Gasteiger partial charge in [-0.3, -0.25) is 15.0 Å². The Labute approximate surface area is 145 Å². The van der Waals surface area contributed by atoms with E-state index in [2.05, 4.69) is 5.32 Å². The molecule has 130 valence electrons. The van der Waals surface area contributed by atoms with Crippen molar-refractivity contribution in [2.45, 2.75) is 30.4 Å². The van der Waals surface area contributed by atoms with Crippen LogP contribution in [0.3, 0.4) is 0 Å². The zero-order valence-electron chi connectivity index (χ0n) is 12.2. The maximum absolute atomic E-state index is 13.2. The number of carbonyl (C=O) groups is 2. The lowest BCUT2D eigenvalue weighted by atomic mass is 9.75. The molecule has 1 aromatic carbocycles. The summed E-state index contributed by atoms with van der Waals surface area (Å²) >= 11 is 12.2. The lowest BCUT2D eigenvalue weighted by molar-refractivity contribution is -0.185. The van der Waals surface area contributed by atoms with Crippen LogP contribution in [0.25, 0.3) is 0 Å². The van der Waals surface area contributed by atoms with E-state index < -0.39 is 41.4 Å². The molecule has 0 radical (unpaired) electrons. The number of hydrogen-bond donors (Lipinski definition) is 1. The Bertz CT molecular complexity index is 683. The minimum atomic E-state index is -4.50. The molecule has 4 unspecified atom stereocenters. The van der Waals surface area contributed by atoms with Crippen LogP contribution in [0.4, 0.5) is 23.7 Å². The van der Waals surface area contributed by atoms with E-state index in [1.807, 2.05) is 0 Å². The van der Waals surface area contributed by atoms with Gasteiger partial charge in [-0.2, -0.15) is 13.2 Å². The molecule has 2 aliphatic rings. The number of benzene rings is 1. The maximum atomic E-state index is 13.2. The van der Waals surface area contributed by atoms with Crippen molar-refractivity contribution in [3.63, 3.8) is 0 Å². The highest BCUT2D eigenvalue weighted by Gasteiger charge is 2.57. The number of fused-ring (bicyclic) bond motifs is 1. The third-order valence-corrected chi connectivity index (χ3v) is 5.41. The molecule has 0 spiro atoms. The van der Waals surface area contributed by atoms with Crippen molar-refractivity contribution < 1.29 is 22.8 Å². The summed E-state index contributed by atoms with van der Waals surface area (Å²) in [5, 5.41) is 0.936. The summed E-state index contributed by atoms with van der Waals surface area (Å²) in [6, 6.07) is 4.34. The average molecular weight is 381 g/mol. The monoisotopic (exact) mass is 380 g/mol. The van der Waals surface area contributed by atoms with E-state index in [9.17, 15) is 22.8 Å². The lowest BCUT2D eigenvalue weighted by Crippen LogP contribution is -2.66. The first-order valence-corrected chi connectivity index (χ1v) is 8.12. The smallest absolute Gasteiger partial charge is 0.287 e. The summed E-state index contributed by atoms with van der Waals surface area (Å²) in [5.41, 5.74) is 0.229. The second-order valence-corrected chi connectivity index (χ2v) is 6.79. The highest BCUT2D eigenvalue weighted by Crippen LogP contribution is 2.46. The molecule has 1 aliphatic heterocycles. The number of hydrogen-bond acceptors (Lipinski definition) is 2. The van der Waals surface area contributed by atoms with Gasteiger partial charge in [-0.05, 0) is 25.0 Å². The van der Waals surface area contributed by atoms with Crippen LogP contribution in [0.5, 0.6) is 0 Å². The fourth-order valence-corrected chi connectivity index (χ4v) is 4.20. The molecule has 3 amide bonds. The number of alkyl halides is 4. The van der Waals surface area contributed by atoms with Crippen molar-refractivity contribution in [2.75, 3.05) is 4.90 Å². The molecule has 0 aromatic heterocycles. The summed E-state index contributed by atoms with van der Waals surface area (Å²) in [4.78, 5) is 25.5. The van der Waals surface area contributed by atoms with Crippen LogP contribution in [-0.4, -0.2) is 29.5 Å². The normalized spacial score (nSPS) is 30.8. The van der Waals surface area contributed by atoms with Gasteiger partial charge in [-0.25, -0.2) is 4.79 Å². The molecule has 1 aromatic rings. The molecule has 1 N–H and O–H groups in total. The number of amides is 3. The second-order valence-electron chi connectivity index (χ2n) is 5.88. The largest absolute Gasteiger partial charge is 0.393 e. The highest BCUT2D eigenvalue weighted by molar-refractivity contribution is 6.34. The maximum Gasteiger partial charge on any atom is 0.393 e. The van der Waals surface area contributed by atoms with Crippen LogP contribution in [-0.2, 0) is 4.79 Å². The lowest BCUT2D eigenvalue weighted by Gasteiger charge is -2.48. The van der Waals surface area contributed by atoms with Gasteiger partial charge >= 0.3 is 12.2 Å². The minimum Gasteiger partial charge on any atom is -0.287 e. The topological polar surface area (TPSA) is 49.4 Å². The summed E-state index contributed by atoms with van der Waals surface area (Å²) in [6.45, 7) is 0. The standard InChI is InChI=1S/C15H13Cl2F3N2O2/c16-9-3-1-2-4-10(9)22-12-7(13(23)21-14(22)24)5-6-8(11(12)17)15(18,19)20/h1-4,7-8,11-12H,5-6H2,(H,21,23,24). The summed E-state index contributed by atoms with van der Waals surface area (Å²) < 4.78 is 39.7. The summed E-state index contributed by atoms with van der Waals surface area (Å²) in [6.07, 6.45) is -4.75. The van der Waals surface area contributed by atoms with E-state index >= 15 is 0 Å². The first-order valence-electron chi connectivity index (χ1n) is 7.31. The fraction of sp³-hybridized carbons (Fsp3) is 0.467. The van der Waals surface area contributed by atoms with Gasteiger partial charge in [-0.15, -0.1) is 11.6 Å². The van der Waals surface area contributed by atoms with E-state index in [0.29, 0.717) is 0 Å². The minimum absolute atomic E-state index is 0.00186. The van der Waals surface area contributed by atoms with Crippen molar-refractivity contribution in [1.82, 2.24) is 5.32 Å². The number of anilines is 1. The van der Waals surface area contributed by atoms with Gasteiger partial charge in [0.1, 0.15) is 0 Å². The van der Waals surface area contributed by atoms with Gasteiger partial charge in [0, 0.05) is 0 Å².